The Bertz CT molecular complexity index is 515. The van der Waals surface area contributed by atoms with Crippen molar-refractivity contribution in [1.82, 2.24) is 4.90 Å². The van der Waals surface area contributed by atoms with E-state index >= 15 is 0 Å². The summed E-state index contributed by atoms with van der Waals surface area (Å²) in [7, 11) is 0. The second kappa shape index (κ2) is 7.49. The van der Waals surface area contributed by atoms with Crippen molar-refractivity contribution in [2.24, 2.45) is 5.41 Å². The summed E-state index contributed by atoms with van der Waals surface area (Å²) in [4.78, 5) is 1.73. The fourth-order valence-corrected chi connectivity index (χ4v) is 3.08. The predicted octanol–water partition coefficient (Wildman–Crippen LogP) is 4.16. The Hall–Kier alpha value is -1.33. The fraction of sp³-hybridized carbons (Fsp3) is 0.556. The predicted molar refractivity (Wildman–Crippen MR) is 84.9 cm³/mol. The molecule has 0 saturated carbocycles. The van der Waals surface area contributed by atoms with Crippen molar-refractivity contribution in [3.05, 3.63) is 48.0 Å². The highest BCUT2D eigenvalue weighted by Crippen LogP contribution is 2.34. The van der Waals surface area contributed by atoms with Gasteiger partial charge in [-0.05, 0) is 30.2 Å². The van der Waals surface area contributed by atoms with E-state index in [0.717, 1.165) is 24.8 Å². The molecule has 0 saturated heterocycles. The first-order valence-electron chi connectivity index (χ1n) is 7.95. The van der Waals surface area contributed by atoms with Crippen LogP contribution in [-0.2, 0) is 6.54 Å². The molecule has 2 atom stereocenters. The van der Waals surface area contributed by atoms with Gasteiger partial charge >= 0.3 is 6.18 Å². The lowest BCUT2D eigenvalue weighted by Crippen LogP contribution is -2.44. The van der Waals surface area contributed by atoms with Crippen LogP contribution < -0.4 is 0 Å². The number of aliphatic hydroxyl groups excluding tert-OH is 1. The zero-order valence-electron chi connectivity index (χ0n) is 13.4. The first-order valence-corrected chi connectivity index (χ1v) is 7.95. The van der Waals surface area contributed by atoms with Crippen LogP contribution in [0.25, 0.3) is 0 Å². The van der Waals surface area contributed by atoms with Gasteiger partial charge < -0.3 is 5.11 Å². The number of hydrogen-bond acceptors (Lipinski definition) is 2. The Balaban J connectivity index is 2.08. The number of benzene rings is 1. The normalized spacial score (nSPS) is 23.2. The molecule has 0 radical (unpaired) electrons. The van der Waals surface area contributed by atoms with E-state index in [2.05, 4.69) is 19.1 Å². The summed E-state index contributed by atoms with van der Waals surface area (Å²) in [6, 6.07) is 9.43. The number of halogens is 3. The summed E-state index contributed by atoms with van der Waals surface area (Å²) in [6.07, 6.45) is 0.101. The van der Waals surface area contributed by atoms with Gasteiger partial charge in [-0.1, -0.05) is 49.4 Å². The van der Waals surface area contributed by atoms with Crippen LogP contribution in [-0.4, -0.2) is 35.4 Å². The number of hydrogen-bond donors (Lipinski definition) is 1. The van der Waals surface area contributed by atoms with E-state index in [1.807, 2.05) is 30.3 Å². The standard InChI is InChI=1S/C18H24F3NO/c1-17(10-6-3-7-11-17)14-22(13-16(23)18(19,20)21)12-15-8-4-2-5-9-15/h2-6,8-9,16,23H,7,10-14H2,1H3. The highest BCUT2D eigenvalue weighted by molar-refractivity contribution is 5.14. The summed E-state index contributed by atoms with van der Waals surface area (Å²) < 4.78 is 38.2. The molecular formula is C18H24F3NO. The molecule has 1 aromatic rings. The van der Waals surface area contributed by atoms with Gasteiger partial charge in [0.1, 0.15) is 0 Å². The van der Waals surface area contributed by atoms with Crippen LogP contribution in [0.3, 0.4) is 0 Å². The van der Waals surface area contributed by atoms with Gasteiger partial charge in [0.15, 0.2) is 6.10 Å². The first-order chi connectivity index (χ1) is 10.8. The van der Waals surface area contributed by atoms with E-state index < -0.39 is 18.8 Å². The molecule has 2 rings (SSSR count). The number of rotatable bonds is 6. The maximum atomic E-state index is 12.7. The van der Waals surface area contributed by atoms with Crippen LogP contribution in [0.2, 0.25) is 0 Å². The molecule has 1 aromatic carbocycles. The molecule has 0 amide bonds. The van der Waals surface area contributed by atoms with Gasteiger partial charge in [0, 0.05) is 19.6 Å². The lowest BCUT2D eigenvalue weighted by atomic mass is 9.78. The molecule has 0 spiro atoms. The average molecular weight is 327 g/mol. The van der Waals surface area contributed by atoms with Gasteiger partial charge in [-0.2, -0.15) is 13.2 Å². The van der Waals surface area contributed by atoms with Crippen LogP contribution in [0.15, 0.2) is 42.5 Å². The Morgan fingerprint density at radius 3 is 2.48 bits per heavy atom. The largest absolute Gasteiger partial charge is 0.415 e. The Morgan fingerprint density at radius 2 is 1.91 bits per heavy atom. The van der Waals surface area contributed by atoms with Crippen molar-refractivity contribution in [1.29, 1.82) is 0 Å². The summed E-state index contributed by atoms with van der Waals surface area (Å²) >= 11 is 0. The van der Waals surface area contributed by atoms with Crippen LogP contribution in [0.1, 0.15) is 31.7 Å². The topological polar surface area (TPSA) is 23.5 Å². The number of allylic oxidation sites excluding steroid dienone is 2. The molecule has 0 heterocycles. The van der Waals surface area contributed by atoms with E-state index in [1.54, 1.807) is 4.90 Å². The van der Waals surface area contributed by atoms with Crippen molar-refractivity contribution in [2.45, 2.75) is 45.0 Å². The van der Waals surface area contributed by atoms with Gasteiger partial charge in [-0.3, -0.25) is 4.90 Å². The summed E-state index contributed by atoms with van der Waals surface area (Å²) in [6.45, 7) is 2.67. The molecule has 2 nitrogen and oxygen atoms in total. The molecule has 0 aromatic heterocycles. The molecule has 1 aliphatic rings. The lowest BCUT2D eigenvalue weighted by molar-refractivity contribution is -0.209. The fourth-order valence-electron chi connectivity index (χ4n) is 3.08. The Kier molecular flexibility index (Phi) is 5.87. The van der Waals surface area contributed by atoms with Crippen molar-refractivity contribution in [3.63, 3.8) is 0 Å². The summed E-state index contributed by atoms with van der Waals surface area (Å²) in [5.41, 5.74) is 0.909. The van der Waals surface area contributed by atoms with E-state index in [1.165, 1.54) is 0 Å². The monoisotopic (exact) mass is 327 g/mol. The van der Waals surface area contributed by atoms with E-state index in [-0.39, 0.29) is 5.41 Å². The first kappa shape index (κ1) is 18.0. The second-order valence-electron chi connectivity index (χ2n) is 6.74. The second-order valence-corrected chi connectivity index (χ2v) is 6.74. The molecule has 23 heavy (non-hydrogen) atoms. The zero-order valence-corrected chi connectivity index (χ0v) is 13.4. The molecule has 2 unspecified atom stereocenters. The number of nitrogens with zero attached hydrogens (tertiary/aromatic N) is 1. The highest BCUT2D eigenvalue weighted by Gasteiger charge is 2.40. The zero-order chi connectivity index (χ0) is 16.9. The van der Waals surface area contributed by atoms with Crippen molar-refractivity contribution in [2.75, 3.05) is 13.1 Å². The van der Waals surface area contributed by atoms with Crippen molar-refractivity contribution in [3.8, 4) is 0 Å². The highest BCUT2D eigenvalue weighted by atomic mass is 19.4. The van der Waals surface area contributed by atoms with Gasteiger partial charge in [-0.25, -0.2) is 0 Å². The van der Waals surface area contributed by atoms with Crippen LogP contribution in [0.4, 0.5) is 13.2 Å². The average Bonchev–Trinajstić information content (AvgIpc) is 2.47. The maximum absolute atomic E-state index is 12.7. The molecule has 0 bridgehead atoms. The minimum atomic E-state index is -4.58. The Labute approximate surface area is 135 Å². The summed E-state index contributed by atoms with van der Waals surface area (Å²) in [5, 5.41) is 9.47. The molecular weight excluding hydrogens is 303 g/mol. The van der Waals surface area contributed by atoms with E-state index in [9.17, 15) is 18.3 Å². The quantitative estimate of drug-likeness (QED) is 0.793. The van der Waals surface area contributed by atoms with Gasteiger partial charge in [-0.15, -0.1) is 0 Å². The third-order valence-corrected chi connectivity index (χ3v) is 4.36. The van der Waals surface area contributed by atoms with E-state index in [0.29, 0.717) is 13.1 Å². The van der Waals surface area contributed by atoms with Crippen LogP contribution in [0.5, 0.6) is 0 Å². The third-order valence-electron chi connectivity index (χ3n) is 4.36. The molecule has 1 N–H and O–H groups in total. The van der Waals surface area contributed by atoms with Crippen molar-refractivity contribution < 1.29 is 18.3 Å². The molecule has 5 heteroatoms. The minimum absolute atomic E-state index is 0.0468. The van der Waals surface area contributed by atoms with Gasteiger partial charge in [0.2, 0.25) is 0 Å². The summed E-state index contributed by atoms with van der Waals surface area (Å²) in [5.74, 6) is 0. The van der Waals surface area contributed by atoms with Crippen LogP contribution in [0, 0.1) is 5.41 Å². The minimum Gasteiger partial charge on any atom is -0.382 e. The molecule has 1 aliphatic carbocycles. The van der Waals surface area contributed by atoms with Gasteiger partial charge in [0.05, 0.1) is 0 Å². The number of aliphatic hydroxyl groups is 1. The maximum Gasteiger partial charge on any atom is 0.415 e. The Morgan fingerprint density at radius 1 is 1.22 bits per heavy atom. The SMILES string of the molecule is CC1(CN(Cc2ccccc2)CC(O)C(F)(F)F)CC=CCC1. The van der Waals surface area contributed by atoms with Gasteiger partial charge in [0.25, 0.3) is 0 Å². The third kappa shape index (κ3) is 5.66. The van der Waals surface area contributed by atoms with E-state index in [4.69, 9.17) is 0 Å². The molecule has 0 fully saturated rings. The molecule has 128 valence electrons. The number of alkyl halides is 3. The molecule has 0 aliphatic heterocycles. The lowest BCUT2D eigenvalue weighted by Gasteiger charge is -2.37. The smallest absolute Gasteiger partial charge is 0.382 e. The van der Waals surface area contributed by atoms with Crippen LogP contribution >= 0.6 is 0 Å². The van der Waals surface area contributed by atoms with Crippen molar-refractivity contribution >= 4 is 0 Å².